The van der Waals surface area contributed by atoms with Crippen molar-refractivity contribution in [2.24, 2.45) is 0 Å². The number of hydrogen-bond acceptors (Lipinski definition) is 2. The summed E-state index contributed by atoms with van der Waals surface area (Å²) >= 11 is 0. The SMILES string of the molecule is Cc1ccccc1-n1nc(N)c2c1CCCC2. The van der Waals surface area contributed by atoms with Crippen LogP contribution in [-0.4, -0.2) is 9.78 Å². The Morgan fingerprint density at radius 2 is 1.94 bits per heavy atom. The normalized spacial score (nSPS) is 14.6. The standard InChI is InChI=1S/C14H17N3/c1-10-6-2-4-8-12(10)17-13-9-5-3-7-11(13)14(15)16-17/h2,4,6,8H,3,5,7,9H2,1H3,(H2,15,16). The van der Waals surface area contributed by atoms with E-state index in [0.29, 0.717) is 5.82 Å². The van der Waals surface area contributed by atoms with Crippen LogP contribution in [0, 0.1) is 6.92 Å². The molecule has 1 aromatic heterocycles. The van der Waals surface area contributed by atoms with Crippen molar-refractivity contribution < 1.29 is 0 Å². The largest absolute Gasteiger partial charge is 0.382 e. The smallest absolute Gasteiger partial charge is 0.149 e. The molecule has 0 saturated carbocycles. The molecule has 0 radical (unpaired) electrons. The van der Waals surface area contributed by atoms with Crippen LogP contribution in [0.1, 0.15) is 29.7 Å². The molecule has 1 aromatic carbocycles. The van der Waals surface area contributed by atoms with Gasteiger partial charge in [-0.1, -0.05) is 18.2 Å². The molecule has 1 aliphatic rings. The fraction of sp³-hybridized carbons (Fsp3) is 0.357. The number of fused-ring (bicyclic) bond motifs is 1. The zero-order chi connectivity index (χ0) is 11.8. The summed E-state index contributed by atoms with van der Waals surface area (Å²) < 4.78 is 2.04. The summed E-state index contributed by atoms with van der Waals surface area (Å²) in [6.07, 6.45) is 4.64. The Labute approximate surface area is 101 Å². The van der Waals surface area contributed by atoms with Crippen molar-refractivity contribution in [1.82, 2.24) is 9.78 Å². The zero-order valence-corrected chi connectivity index (χ0v) is 10.1. The number of nitrogen functional groups attached to an aromatic ring is 1. The molecule has 0 atom stereocenters. The maximum Gasteiger partial charge on any atom is 0.149 e. The number of hydrogen-bond donors (Lipinski definition) is 1. The molecule has 0 unspecified atom stereocenters. The zero-order valence-electron chi connectivity index (χ0n) is 10.1. The highest BCUT2D eigenvalue weighted by Crippen LogP contribution is 2.28. The topological polar surface area (TPSA) is 43.8 Å². The third kappa shape index (κ3) is 1.62. The predicted octanol–water partition coefficient (Wildman–Crippen LogP) is 2.64. The average Bonchev–Trinajstić information content (AvgIpc) is 2.68. The Morgan fingerprint density at radius 1 is 1.18 bits per heavy atom. The van der Waals surface area contributed by atoms with Crippen LogP contribution in [0.5, 0.6) is 0 Å². The van der Waals surface area contributed by atoms with Gasteiger partial charge in [0, 0.05) is 11.3 Å². The summed E-state index contributed by atoms with van der Waals surface area (Å²) in [4.78, 5) is 0. The molecule has 0 aliphatic heterocycles. The lowest BCUT2D eigenvalue weighted by atomic mass is 9.97. The first-order valence-corrected chi connectivity index (χ1v) is 6.19. The van der Waals surface area contributed by atoms with Crippen LogP contribution in [-0.2, 0) is 12.8 Å². The van der Waals surface area contributed by atoms with Crippen LogP contribution >= 0.6 is 0 Å². The van der Waals surface area contributed by atoms with Crippen molar-refractivity contribution in [2.45, 2.75) is 32.6 Å². The molecule has 88 valence electrons. The first-order chi connectivity index (χ1) is 8.27. The highest BCUT2D eigenvalue weighted by atomic mass is 15.3. The van der Waals surface area contributed by atoms with Crippen molar-refractivity contribution in [1.29, 1.82) is 0 Å². The van der Waals surface area contributed by atoms with E-state index < -0.39 is 0 Å². The number of benzene rings is 1. The molecule has 1 heterocycles. The molecule has 3 rings (SSSR count). The number of para-hydroxylation sites is 1. The molecule has 17 heavy (non-hydrogen) atoms. The molecule has 3 heteroatoms. The van der Waals surface area contributed by atoms with E-state index in [1.54, 1.807) is 0 Å². The van der Waals surface area contributed by atoms with Gasteiger partial charge in [-0.15, -0.1) is 0 Å². The summed E-state index contributed by atoms with van der Waals surface area (Å²) in [7, 11) is 0. The Kier molecular flexibility index (Phi) is 2.39. The van der Waals surface area contributed by atoms with Gasteiger partial charge in [0.2, 0.25) is 0 Å². The van der Waals surface area contributed by atoms with Crippen LogP contribution in [0.4, 0.5) is 5.82 Å². The van der Waals surface area contributed by atoms with Gasteiger partial charge in [-0.2, -0.15) is 5.10 Å². The summed E-state index contributed by atoms with van der Waals surface area (Å²) in [5.41, 5.74) is 11.0. The third-order valence-electron chi connectivity index (χ3n) is 3.55. The first kappa shape index (κ1) is 10.4. The van der Waals surface area contributed by atoms with Gasteiger partial charge < -0.3 is 5.73 Å². The van der Waals surface area contributed by atoms with E-state index in [4.69, 9.17) is 5.73 Å². The van der Waals surface area contributed by atoms with Crippen LogP contribution in [0.3, 0.4) is 0 Å². The van der Waals surface area contributed by atoms with Crippen molar-refractivity contribution in [2.75, 3.05) is 5.73 Å². The monoisotopic (exact) mass is 227 g/mol. The van der Waals surface area contributed by atoms with E-state index >= 15 is 0 Å². The second kappa shape index (κ2) is 3.91. The van der Waals surface area contributed by atoms with E-state index in [9.17, 15) is 0 Å². The molecular formula is C14H17N3. The minimum atomic E-state index is 0.711. The molecule has 2 N–H and O–H groups in total. The number of rotatable bonds is 1. The molecule has 0 fully saturated rings. The maximum atomic E-state index is 6.02. The van der Waals surface area contributed by atoms with Gasteiger partial charge in [0.15, 0.2) is 0 Å². The summed E-state index contributed by atoms with van der Waals surface area (Å²) in [6.45, 7) is 2.11. The minimum absolute atomic E-state index is 0.711. The summed E-state index contributed by atoms with van der Waals surface area (Å²) in [5, 5.41) is 4.52. The van der Waals surface area contributed by atoms with Crippen LogP contribution in [0.2, 0.25) is 0 Å². The molecule has 3 nitrogen and oxygen atoms in total. The van der Waals surface area contributed by atoms with E-state index in [1.807, 2.05) is 4.68 Å². The lowest BCUT2D eigenvalue weighted by Gasteiger charge is -2.14. The molecule has 0 spiro atoms. The second-order valence-corrected chi connectivity index (χ2v) is 4.72. The van der Waals surface area contributed by atoms with E-state index in [0.717, 1.165) is 18.5 Å². The Bertz CT molecular complexity index is 555. The van der Waals surface area contributed by atoms with Gasteiger partial charge in [-0.05, 0) is 44.2 Å². The van der Waals surface area contributed by atoms with E-state index in [-0.39, 0.29) is 0 Å². The Hall–Kier alpha value is -1.77. The highest BCUT2D eigenvalue weighted by molar-refractivity contribution is 5.50. The fourth-order valence-corrected chi connectivity index (χ4v) is 2.63. The molecule has 0 bridgehead atoms. The van der Waals surface area contributed by atoms with Gasteiger partial charge in [0.1, 0.15) is 5.82 Å². The summed E-state index contributed by atoms with van der Waals surface area (Å²) in [6, 6.07) is 8.33. The van der Waals surface area contributed by atoms with Gasteiger partial charge >= 0.3 is 0 Å². The van der Waals surface area contributed by atoms with Crippen LogP contribution in [0.15, 0.2) is 24.3 Å². The minimum Gasteiger partial charge on any atom is -0.382 e. The number of anilines is 1. The maximum absolute atomic E-state index is 6.02. The van der Waals surface area contributed by atoms with Crippen molar-refractivity contribution >= 4 is 5.82 Å². The lowest BCUT2D eigenvalue weighted by Crippen LogP contribution is -2.08. The molecule has 0 amide bonds. The highest BCUT2D eigenvalue weighted by Gasteiger charge is 2.20. The number of nitrogens with zero attached hydrogens (tertiary/aromatic N) is 2. The third-order valence-corrected chi connectivity index (χ3v) is 3.55. The fourth-order valence-electron chi connectivity index (χ4n) is 2.63. The number of nitrogens with two attached hydrogens (primary N) is 1. The quantitative estimate of drug-likeness (QED) is 0.814. The summed E-state index contributed by atoms with van der Waals surface area (Å²) in [5.74, 6) is 0.711. The molecule has 1 aliphatic carbocycles. The van der Waals surface area contributed by atoms with Crippen LogP contribution < -0.4 is 5.73 Å². The van der Waals surface area contributed by atoms with Crippen LogP contribution in [0.25, 0.3) is 5.69 Å². The number of aromatic nitrogens is 2. The molecule has 0 saturated heterocycles. The van der Waals surface area contributed by atoms with Gasteiger partial charge in [0.05, 0.1) is 5.69 Å². The van der Waals surface area contributed by atoms with Gasteiger partial charge in [-0.25, -0.2) is 4.68 Å². The van der Waals surface area contributed by atoms with Crippen molar-refractivity contribution in [3.8, 4) is 5.69 Å². The van der Waals surface area contributed by atoms with Gasteiger partial charge in [0.25, 0.3) is 0 Å². The first-order valence-electron chi connectivity index (χ1n) is 6.19. The van der Waals surface area contributed by atoms with E-state index in [2.05, 4.69) is 36.3 Å². The van der Waals surface area contributed by atoms with E-state index in [1.165, 1.54) is 29.7 Å². The lowest BCUT2D eigenvalue weighted by molar-refractivity contribution is 0.652. The Balaban J connectivity index is 2.19. The molecule has 2 aromatic rings. The second-order valence-electron chi connectivity index (χ2n) is 4.72. The van der Waals surface area contributed by atoms with Gasteiger partial charge in [-0.3, -0.25) is 0 Å². The molecular weight excluding hydrogens is 210 g/mol. The number of aryl methyl sites for hydroxylation is 1. The van der Waals surface area contributed by atoms with Crippen molar-refractivity contribution in [3.63, 3.8) is 0 Å². The predicted molar refractivity (Wildman–Crippen MR) is 69.4 cm³/mol. The Morgan fingerprint density at radius 3 is 2.76 bits per heavy atom. The average molecular weight is 227 g/mol. The van der Waals surface area contributed by atoms with Crippen molar-refractivity contribution in [3.05, 3.63) is 41.1 Å².